The summed E-state index contributed by atoms with van der Waals surface area (Å²) in [7, 11) is 0. The number of hydrogen-bond acceptors (Lipinski definition) is 4. The molecule has 4 fully saturated rings. The summed E-state index contributed by atoms with van der Waals surface area (Å²) in [6.45, 7) is 7.39. The van der Waals surface area contributed by atoms with Crippen LogP contribution in [0, 0.1) is 40.4 Å². The molecule has 2 N–H and O–H groups in total. The minimum absolute atomic E-state index is 0.0837. The van der Waals surface area contributed by atoms with Crippen LogP contribution in [0.3, 0.4) is 0 Å². The van der Waals surface area contributed by atoms with E-state index in [1.807, 2.05) is 0 Å². The Morgan fingerprint density at radius 2 is 1.58 bits per heavy atom. The van der Waals surface area contributed by atoms with E-state index in [0.29, 0.717) is 11.3 Å². The van der Waals surface area contributed by atoms with Gasteiger partial charge in [-0.3, -0.25) is 0 Å². The van der Waals surface area contributed by atoms with Gasteiger partial charge >= 0.3 is 0 Å². The molecule has 24 heavy (non-hydrogen) atoms. The second kappa shape index (κ2) is 5.94. The summed E-state index contributed by atoms with van der Waals surface area (Å²) in [6.07, 6.45) is 8.84. The van der Waals surface area contributed by atoms with Crippen molar-refractivity contribution in [2.24, 2.45) is 40.4 Å². The highest BCUT2D eigenvalue weighted by Gasteiger charge is 2.61. The van der Waals surface area contributed by atoms with Crippen LogP contribution in [0.1, 0.15) is 72.1 Å². The van der Waals surface area contributed by atoms with Crippen molar-refractivity contribution in [3.63, 3.8) is 0 Å². The molecule has 4 nitrogen and oxygen atoms in total. The topological polar surface area (TPSA) is 58.9 Å². The van der Waals surface area contributed by atoms with Crippen molar-refractivity contribution in [2.75, 3.05) is 0 Å². The Morgan fingerprint density at radius 1 is 0.875 bits per heavy atom. The zero-order chi connectivity index (χ0) is 17.1. The summed E-state index contributed by atoms with van der Waals surface area (Å²) in [4.78, 5) is 5.01. The van der Waals surface area contributed by atoms with Gasteiger partial charge in [-0.25, -0.2) is 10.1 Å². The summed E-state index contributed by atoms with van der Waals surface area (Å²) >= 11 is 0. The molecule has 0 saturated heterocycles. The van der Waals surface area contributed by atoms with Crippen molar-refractivity contribution in [1.82, 2.24) is 0 Å². The first-order valence-corrected chi connectivity index (χ1v) is 10.0. The van der Waals surface area contributed by atoms with E-state index in [2.05, 4.69) is 25.8 Å². The molecule has 2 unspecified atom stereocenters. The van der Waals surface area contributed by atoms with Crippen molar-refractivity contribution in [3.8, 4) is 0 Å². The van der Waals surface area contributed by atoms with Gasteiger partial charge < -0.3 is 5.11 Å². The Bertz CT molecular complexity index is 482. The third-order valence-corrected chi connectivity index (χ3v) is 9.28. The van der Waals surface area contributed by atoms with E-state index in [0.717, 1.165) is 43.4 Å². The first-order valence-electron chi connectivity index (χ1n) is 10.0. The second-order valence-electron chi connectivity index (χ2n) is 9.88. The van der Waals surface area contributed by atoms with Crippen LogP contribution in [0.15, 0.2) is 0 Å². The normalized spacial score (nSPS) is 57.1. The van der Waals surface area contributed by atoms with E-state index >= 15 is 0 Å². The quantitative estimate of drug-likeness (QED) is 0.578. The third-order valence-electron chi connectivity index (χ3n) is 9.28. The maximum atomic E-state index is 11.0. The van der Waals surface area contributed by atoms with Crippen molar-refractivity contribution in [3.05, 3.63) is 0 Å². The minimum atomic E-state index is -0.236. The van der Waals surface area contributed by atoms with Gasteiger partial charge in [0.15, 0.2) is 0 Å². The smallest absolute Gasteiger partial charge is 0.0965 e. The molecular formula is C20H34O4. The lowest BCUT2D eigenvalue weighted by Crippen LogP contribution is -2.58. The highest BCUT2D eigenvalue weighted by Crippen LogP contribution is 2.67. The van der Waals surface area contributed by atoms with Gasteiger partial charge in [0, 0.05) is 0 Å². The van der Waals surface area contributed by atoms with Crippen LogP contribution in [-0.2, 0) is 9.93 Å². The fourth-order valence-electron chi connectivity index (χ4n) is 7.67. The van der Waals surface area contributed by atoms with Gasteiger partial charge in [-0.05, 0) is 91.8 Å². The summed E-state index contributed by atoms with van der Waals surface area (Å²) in [5.41, 5.74) is 0.708. The third kappa shape index (κ3) is 2.33. The molecule has 0 aromatic carbocycles. The molecule has 4 heteroatoms. The van der Waals surface area contributed by atoms with Crippen LogP contribution < -0.4 is 0 Å². The fraction of sp³-hybridized carbons (Fsp3) is 1.00. The molecule has 0 bridgehead atoms. The lowest BCUT2D eigenvalue weighted by molar-refractivity contribution is -0.510. The van der Waals surface area contributed by atoms with Gasteiger partial charge in [-0.2, -0.15) is 0 Å². The van der Waals surface area contributed by atoms with Crippen LogP contribution in [-0.4, -0.2) is 22.6 Å². The molecule has 9 atom stereocenters. The van der Waals surface area contributed by atoms with Crippen LogP contribution >= 0.6 is 0 Å². The molecular weight excluding hydrogens is 304 g/mol. The highest BCUT2D eigenvalue weighted by molar-refractivity contribution is 5.10. The Labute approximate surface area is 145 Å². The summed E-state index contributed by atoms with van der Waals surface area (Å²) in [5.74, 6) is 3.34. The molecule has 0 heterocycles. The molecule has 0 radical (unpaired) electrons. The Hall–Kier alpha value is -0.160. The number of aliphatic hydroxyl groups is 1. The SMILES string of the molecule is C[C@H]1CC[C@@H]2C3C[C@@H](O)[C@@H]4C[C@@H](OOO)CC[C@]4(C)C3CC[C@@]21C. The average Bonchev–Trinajstić information content (AvgIpc) is 2.85. The van der Waals surface area contributed by atoms with E-state index in [-0.39, 0.29) is 23.5 Å². The molecule has 0 aromatic rings. The Kier molecular flexibility index (Phi) is 4.27. The van der Waals surface area contributed by atoms with E-state index in [4.69, 9.17) is 10.1 Å². The van der Waals surface area contributed by atoms with E-state index in [1.54, 1.807) is 0 Å². The first-order chi connectivity index (χ1) is 11.4. The zero-order valence-corrected chi connectivity index (χ0v) is 15.4. The van der Waals surface area contributed by atoms with E-state index in [9.17, 15) is 5.11 Å². The predicted molar refractivity (Wildman–Crippen MR) is 90.9 cm³/mol. The predicted octanol–water partition coefficient (Wildman–Crippen LogP) is 4.43. The van der Waals surface area contributed by atoms with Gasteiger partial charge in [-0.15, -0.1) is 0 Å². The van der Waals surface area contributed by atoms with Crippen molar-refractivity contribution >= 4 is 0 Å². The zero-order valence-electron chi connectivity index (χ0n) is 15.4. The van der Waals surface area contributed by atoms with E-state index < -0.39 is 0 Å². The van der Waals surface area contributed by atoms with Crippen molar-refractivity contribution in [1.29, 1.82) is 0 Å². The highest BCUT2D eigenvalue weighted by atomic mass is 17.5. The minimum Gasteiger partial charge on any atom is -0.393 e. The summed E-state index contributed by atoms with van der Waals surface area (Å²) in [5, 5.41) is 23.5. The molecule has 4 saturated carbocycles. The maximum Gasteiger partial charge on any atom is 0.0965 e. The van der Waals surface area contributed by atoms with Crippen LogP contribution in [0.5, 0.6) is 0 Å². The lowest BCUT2D eigenvalue weighted by Gasteiger charge is -2.62. The molecule has 4 rings (SSSR count). The summed E-state index contributed by atoms with van der Waals surface area (Å²) < 4.78 is 0. The summed E-state index contributed by atoms with van der Waals surface area (Å²) in [6, 6.07) is 0. The van der Waals surface area contributed by atoms with Crippen molar-refractivity contribution < 1.29 is 20.3 Å². The van der Waals surface area contributed by atoms with Gasteiger partial charge in [0.2, 0.25) is 0 Å². The molecule has 0 aliphatic heterocycles. The van der Waals surface area contributed by atoms with Crippen LogP contribution in [0.2, 0.25) is 0 Å². The molecule has 138 valence electrons. The molecule has 0 aromatic heterocycles. The first kappa shape index (κ1) is 17.3. The molecule has 0 spiro atoms. The Morgan fingerprint density at radius 3 is 2.33 bits per heavy atom. The standard InChI is InChI=1S/C20H34O4/c1-12-4-5-15-14-11-18(21)17-10-13(23-24-22)6-8-20(17,3)16(14)7-9-19(12,15)2/h12-18,21-22H,4-11H2,1-3H3/t12-,13-,14?,15+,16?,17-,18+,19+,20+/m0/s1. The largest absolute Gasteiger partial charge is 0.393 e. The average molecular weight is 338 g/mol. The van der Waals surface area contributed by atoms with Crippen LogP contribution in [0.25, 0.3) is 0 Å². The molecule has 4 aliphatic rings. The fourth-order valence-corrected chi connectivity index (χ4v) is 7.67. The van der Waals surface area contributed by atoms with Gasteiger partial charge in [0.05, 0.1) is 12.2 Å². The second-order valence-corrected chi connectivity index (χ2v) is 9.88. The maximum absolute atomic E-state index is 11.0. The van der Waals surface area contributed by atoms with Gasteiger partial charge in [0.25, 0.3) is 0 Å². The number of aliphatic hydroxyl groups excluding tert-OH is 1. The number of hydrogen-bond donors (Lipinski definition) is 2. The number of rotatable bonds is 2. The molecule has 0 amide bonds. The lowest BCUT2D eigenvalue weighted by atomic mass is 9.44. The van der Waals surface area contributed by atoms with Crippen LogP contribution in [0.4, 0.5) is 0 Å². The Balaban J connectivity index is 1.60. The molecule has 4 aliphatic carbocycles. The van der Waals surface area contributed by atoms with E-state index in [1.165, 1.54) is 25.7 Å². The number of fused-ring (bicyclic) bond motifs is 5. The van der Waals surface area contributed by atoms with Crippen molar-refractivity contribution in [2.45, 2.75) is 84.3 Å². The van der Waals surface area contributed by atoms with Gasteiger partial charge in [0.1, 0.15) is 0 Å². The monoisotopic (exact) mass is 338 g/mol. The van der Waals surface area contributed by atoms with Gasteiger partial charge in [-0.1, -0.05) is 25.8 Å².